The smallest absolute Gasteiger partial charge is 0.490 e. The summed E-state index contributed by atoms with van der Waals surface area (Å²) in [4.78, 5) is 18.6. The van der Waals surface area contributed by atoms with Crippen LogP contribution in [0.15, 0.2) is 90.4 Å². The number of hydrogen-bond acceptors (Lipinski definition) is 10. The van der Waals surface area contributed by atoms with Gasteiger partial charge in [-0.2, -0.15) is 0 Å². The maximum Gasteiger partial charge on any atom is 0.490 e. The molecule has 0 bridgehead atoms. The Morgan fingerprint density at radius 2 is 1.08 bits per heavy atom. The quantitative estimate of drug-likeness (QED) is 0.181. The van der Waals surface area contributed by atoms with Gasteiger partial charge in [0.05, 0.1) is 25.4 Å². The molecule has 12 heteroatoms. The molecule has 478 valence electrons. The highest BCUT2D eigenvalue weighted by atomic mass is 16.7. The maximum atomic E-state index is 12.1. The van der Waals surface area contributed by atoms with Gasteiger partial charge in [-0.1, -0.05) is 122 Å². The number of methoxy groups -OCH3 is 2. The van der Waals surface area contributed by atoms with Crippen LogP contribution in [0.3, 0.4) is 0 Å². The number of benzene rings is 4. The number of hydrogen-bond donors (Lipinski definition) is 2. The van der Waals surface area contributed by atoms with Gasteiger partial charge in [0.2, 0.25) is 0 Å². The van der Waals surface area contributed by atoms with Crippen LogP contribution in [-0.2, 0) is 14.0 Å². The second kappa shape index (κ2) is 39.6. The van der Waals surface area contributed by atoms with Crippen molar-refractivity contribution in [2.24, 2.45) is 0 Å². The third-order valence-electron chi connectivity index (χ3n) is 16.0. The van der Waals surface area contributed by atoms with Crippen molar-refractivity contribution < 1.29 is 33.4 Å². The van der Waals surface area contributed by atoms with Crippen LogP contribution in [0.5, 0.6) is 17.2 Å². The van der Waals surface area contributed by atoms with Gasteiger partial charge in [-0.15, -0.1) is 0 Å². The number of piperidine rings is 2. The molecule has 0 saturated carbocycles. The molecule has 9 rings (SSSR count). The molecule has 4 aromatic carbocycles. The van der Waals surface area contributed by atoms with Crippen LogP contribution >= 0.6 is 0 Å². The number of carbonyl (C=O) groups excluding carboxylic acids is 1. The van der Waals surface area contributed by atoms with Crippen molar-refractivity contribution in [3.05, 3.63) is 140 Å². The van der Waals surface area contributed by atoms with Gasteiger partial charge < -0.3 is 48.6 Å². The summed E-state index contributed by atoms with van der Waals surface area (Å²) in [6.45, 7) is 50.7. The molecule has 0 spiro atoms. The summed E-state index contributed by atoms with van der Waals surface area (Å²) < 4.78 is 27.8. The minimum Gasteiger partial charge on any atom is -0.508 e. The molecule has 1 amide bonds. The lowest BCUT2D eigenvalue weighted by molar-refractivity contribution is 0.00578. The summed E-state index contributed by atoms with van der Waals surface area (Å²) in [5.74, 6) is 3.74. The molecular weight excluding hydrogens is 1060 g/mol. The number of amides is 1. The first kappa shape index (κ1) is 77.9. The normalized spacial score (nSPS) is 17.3. The van der Waals surface area contributed by atoms with E-state index in [1.165, 1.54) is 96.3 Å². The minimum absolute atomic E-state index is 0.142. The molecule has 0 aliphatic carbocycles. The molecule has 2 N–H and O–H groups in total. The van der Waals surface area contributed by atoms with Gasteiger partial charge in [-0.05, 0) is 267 Å². The Hall–Kier alpha value is -5.11. The molecule has 5 aliphatic rings. The van der Waals surface area contributed by atoms with Crippen molar-refractivity contribution in [1.29, 1.82) is 0 Å². The maximum absolute atomic E-state index is 12.1. The number of ether oxygens (including phenoxy) is 3. The third-order valence-corrected chi connectivity index (χ3v) is 16.0. The van der Waals surface area contributed by atoms with E-state index in [0.29, 0.717) is 24.8 Å². The Bertz CT molecular complexity index is 2500. The molecule has 85 heavy (non-hydrogen) atoms. The van der Waals surface area contributed by atoms with Crippen molar-refractivity contribution in [1.82, 2.24) is 20.0 Å². The van der Waals surface area contributed by atoms with E-state index in [2.05, 4.69) is 138 Å². The van der Waals surface area contributed by atoms with Crippen LogP contribution in [0.4, 0.5) is 4.79 Å². The minimum atomic E-state index is -0.450. The van der Waals surface area contributed by atoms with E-state index >= 15 is 0 Å². The van der Waals surface area contributed by atoms with Crippen molar-refractivity contribution in [3.8, 4) is 17.2 Å². The van der Waals surface area contributed by atoms with E-state index in [-0.39, 0.29) is 24.4 Å². The van der Waals surface area contributed by atoms with Crippen LogP contribution in [0.2, 0.25) is 0 Å². The third kappa shape index (κ3) is 26.4. The first-order chi connectivity index (χ1) is 40.3. The van der Waals surface area contributed by atoms with E-state index in [1.807, 2.05) is 121 Å². The summed E-state index contributed by atoms with van der Waals surface area (Å²) >= 11 is 0. The fraction of sp³-hybridized carbons (Fsp3) is 0.603. The number of nitrogens with one attached hydrogen (secondary N) is 1. The number of phenols is 1. The molecule has 4 aromatic rings. The topological polar surface area (TPSA) is 105 Å². The van der Waals surface area contributed by atoms with Gasteiger partial charge in [-0.3, -0.25) is 0 Å². The zero-order chi connectivity index (χ0) is 64.7. The second-order valence-corrected chi connectivity index (χ2v) is 23.9. The monoisotopic (exact) mass is 1180 g/mol. The highest BCUT2D eigenvalue weighted by molar-refractivity contribution is 6.54. The summed E-state index contributed by atoms with van der Waals surface area (Å²) in [6.07, 6.45) is 11.0. The molecular formula is C73H121BN4O7. The number of likely N-dealkylation sites (tertiary alicyclic amines) is 2. The molecule has 5 heterocycles. The zero-order valence-corrected chi connectivity index (χ0v) is 58.5. The average Bonchev–Trinajstić information content (AvgIpc) is 2.05. The van der Waals surface area contributed by atoms with Gasteiger partial charge in [0.15, 0.2) is 0 Å². The lowest BCUT2D eigenvalue weighted by Crippen LogP contribution is -2.41. The standard InChI is InChI=1S/C18H25NO3.C14H21N.C13H19NO.C11H20BNO2.C9H12O.4C2H6/c1-13-12-15(6-7-16(13)21-5)14-8-10-19(11-9-14)17(20)22-18(2,3)4;1-11-4-5-14(10-12(11)2)13-6-8-15(3)9-7-13;1-10-9-12(3-4-13(10)15)11-5-7-14(2)8-6-11;1-10(2)11(3,4)15-12(14-10)9-5-7-13-8-6-9;1-7-4-5-9(10-3)8(2)6-7;4*1-2/h6-8,12H,9-11H2,1-5H3;4-5,10,13H,6-9H2,1-3H3;3-4,9,11,15H,5-8H2,1-2H3;5,13H,6-8H2,1-4H3;4-6H,1-3H3;4*1-2H3. The first-order valence-electron chi connectivity index (χ1n) is 32.2. The van der Waals surface area contributed by atoms with Crippen LogP contribution in [-0.4, -0.2) is 130 Å². The number of aromatic hydroxyl groups is 1. The predicted molar refractivity (Wildman–Crippen MR) is 365 cm³/mol. The molecule has 0 radical (unpaired) electrons. The zero-order valence-electron chi connectivity index (χ0n) is 58.5. The van der Waals surface area contributed by atoms with Crippen LogP contribution < -0.4 is 14.8 Å². The number of aryl methyl sites for hydroxylation is 6. The Balaban J connectivity index is 0.000000524. The van der Waals surface area contributed by atoms with Crippen molar-refractivity contribution in [2.45, 2.75) is 213 Å². The Morgan fingerprint density at radius 3 is 1.49 bits per heavy atom. The van der Waals surface area contributed by atoms with Gasteiger partial charge in [-0.25, -0.2) is 4.79 Å². The molecule has 0 unspecified atom stereocenters. The van der Waals surface area contributed by atoms with E-state index in [9.17, 15) is 9.90 Å². The SMILES string of the molecule is CC.CC.CC.CC.CC1(C)OB(C2=CCNCC2)OC1(C)C.COc1ccc(C)cc1C.COc1ccc(C2=CCN(C(=O)OC(C)(C)C)CC2)cc1C.Cc1cc(C2CCN(C)CC2)ccc1O.Cc1ccc(C2CCN(C)CC2)cc1C. The van der Waals surface area contributed by atoms with Gasteiger partial charge in [0, 0.05) is 19.6 Å². The van der Waals surface area contributed by atoms with E-state index in [4.69, 9.17) is 23.5 Å². The molecule has 0 atom stereocenters. The average molecular weight is 1180 g/mol. The summed E-state index contributed by atoms with van der Waals surface area (Å²) in [5, 5.41) is 12.8. The van der Waals surface area contributed by atoms with Crippen molar-refractivity contribution in [2.75, 3.05) is 80.7 Å². The highest BCUT2D eigenvalue weighted by Crippen LogP contribution is 2.39. The molecule has 0 aromatic heterocycles. The lowest BCUT2D eigenvalue weighted by atomic mass is 9.75. The fourth-order valence-electron chi connectivity index (χ4n) is 10.0. The number of phenolic OH excluding ortho intramolecular Hbond substituents is 1. The number of rotatable bonds is 6. The van der Waals surface area contributed by atoms with Gasteiger partial charge in [0.25, 0.3) is 0 Å². The summed E-state index contributed by atoms with van der Waals surface area (Å²) in [6, 6.07) is 25.3. The van der Waals surface area contributed by atoms with Crippen molar-refractivity contribution in [3.63, 3.8) is 0 Å². The predicted octanol–water partition coefficient (Wildman–Crippen LogP) is 17.6. The molecule has 5 aliphatic heterocycles. The second-order valence-electron chi connectivity index (χ2n) is 23.9. The van der Waals surface area contributed by atoms with E-state index in [0.717, 1.165) is 54.5 Å². The largest absolute Gasteiger partial charge is 0.508 e. The summed E-state index contributed by atoms with van der Waals surface area (Å²) in [7, 11) is 7.63. The highest BCUT2D eigenvalue weighted by Gasteiger charge is 2.52. The lowest BCUT2D eigenvalue weighted by Gasteiger charge is -2.32. The van der Waals surface area contributed by atoms with Crippen LogP contribution in [0.25, 0.3) is 5.57 Å². The molecule has 11 nitrogen and oxygen atoms in total. The van der Waals surface area contributed by atoms with E-state index < -0.39 is 5.60 Å². The Labute approximate surface area is 520 Å². The molecule has 3 fully saturated rings. The molecule has 3 saturated heterocycles. The van der Waals surface area contributed by atoms with Crippen LogP contribution in [0.1, 0.15) is 204 Å². The Morgan fingerprint density at radius 1 is 0.600 bits per heavy atom. The van der Waals surface area contributed by atoms with E-state index in [1.54, 1.807) is 24.7 Å². The van der Waals surface area contributed by atoms with Crippen molar-refractivity contribution >= 4 is 18.8 Å². The van der Waals surface area contributed by atoms with Gasteiger partial charge >= 0.3 is 13.2 Å². The van der Waals surface area contributed by atoms with Crippen LogP contribution in [0, 0.1) is 41.5 Å². The number of nitrogens with zero attached hydrogens (tertiary/aromatic N) is 3. The Kier molecular flexibility index (Phi) is 36.3. The summed E-state index contributed by atoms with van der Waals surface area (Å²) in [5.41, 5.74) is 13.2. The number of carbonyl (C=O) groups is 1. The fourth-order valence-corrected chi connectivity index (χ4v) is 10.0. The first-order valence-corrected chi connectivity index (χ1v) is 32.2. The van der Waals surface area contributed by atoms with Gasteiger partial charge in [0.1, 0.15) is 22.8 Å².